The van der Waals surface area contributed by atoms with Gasteiger partial charge in [-0.2, -0.15) is 11.8 Å². The third-order valence-electron chi connectivity index (χ3n) is 3.87. The first-order valence-corrected chi connectivity index (χ1v) is 8.34. The quantitative estimate of drug-likeness (QED) is 0.905. The first kappa shape index (κ1) is 16.5. The van der Waals surface area contributed by atoms with Gasteiger partial charge in [-0.1, -0.05) is 13.8 Å². The van der Waals surface area contributed by atoms with Crippen molar-refractivity contribution >= 4 is 11.8 Å². The van der Waals surface area contributed by atoms with Gasteiger partial charge in [-0.3, -0.25) is 4.90 Å². The molecule has 0 saturated carbocycles. The Balaban J connectivity index is 2.27. The summed E-state index contributed by atoms with van der Waals surface area (Å²) in [5.74, 6) is 1.63. The van der Waals surface area contributed by atoms with E-state index in [-0.39, 0.29) is 6.04 Å². The van der Waals surface area contributed by atoms with E-state index >= 15 is 0 Å². The van der Waals surface area contributed by atoms with Crippen LogP contribution in [0.4, 0.5) is 0 Å². The molecule has 1 aromatic rings. The number of methoxy groups -OCH3 is 2. The van der Waals surface area contributed by atoms with E-state index in [9.17, 15) is 0 Å². The molecule has 0 bridgehead atoms. The summed E-state index contributed by atoms with van der Waals surface area (Å²) >= 11 is 2.05. The molecule has 0 aromatic heterocycles. The number of ether oxygens (including phenoxy) is 2. The Hall–Kier alpha value is -0.910. The van der Waals surface area contributed by atoms with E-state index in [4.69, 9.17) is 15.2 Å². The molecule has 118 valence electrons. The average molecular weight is 310 g/mol. The van der Waals surface area contributed by atoms with E-state index < -0.39 is 0 Å². The lowest BCUT2D eigenvalue weighted by atomic mass is 10.0. The maximum atomic E-state index is 6.08. The minimum atomic E-state index is 0.208. The molecule has 5 heteroatoms. The summed E-state index contributed by atoms with van der Waals surface area (Å²) in [5, 5.41) is 1.27. The van der Waals surface area contributed by atoms with Crippen LogP contribution in [0.1, 0.15) is 25.5 Å². The topological polar surface area (TPSA) is 47.7 Å². The van der Waals surface area contributed by atoms with Gasteiger partial charge in [0.05, 0.1) is 14.2 Å². The highest BCUT2D eigenvalue weighted by atomic mass is 32.2. The lowest BCUT2D eigenvalue weighted by Gasteiger charge is -2.39. The van der Waals surface area contributed by atoms with Gasteiger partial charge in [-0.05, 0) is 17.7 Å². The summed E-state index contributed by atoms with van der Waals surface area (Å²) in [6.45, 7) is 7.30. The normalized spacial score (nSPS) is 24.6. The van der Waals surface area contributed by atoms with Gasteiger partial charge < -0.3 is 15.2 Å². The van der Waals surface area contributed by atoms with Crippen LogP contribution in [-0.2, 0) is 0 Å². The van der Waals surface area contributed by atoms with Gasteiger partial charge in [0.25, 0.3) is 0 Å². The summed E-state index contributed by atoms with van der Waals surface area (Å²) in [7, 11) is 3.36. The Morgan fingerprint density at radius 2 is 1.67 bits per heavy atom. The zero-order valence-corrected chi connectivity index (χ0v) is 14.2. The molecule has 0 spiro atoms. The van der Waals surface area contributed by atoms with Crippen LogP contribution in [-0.4, -0.2) is 49.3 Å². The number of thioether (sulfide) groups is 1. The molecule has 21 heavy (non-hydrogen) atoms. The van der Waals surface area contributed by atoms with Gasteiger partial charge in [0.15, 0.2) is 0 Å². The minimum absolute atomic E-state index is 0.208. The van der Waals surface area contributed by atoms with Gasteiger partial charge in [0.2, 0.25) is 0 Å². The van der Waals surface area contributed by atoms with Gasteiger partial charge >= 0.3 is 0 Å². The molecule has 1 saturated heterocycles. The maximum Gasteiger partial charge on any atom is 0.122 e. The van der Waals surface area contributed by atoms with Crippen molar-refractivity contribution in [1.29, 1.82) is 0 Å². The molecule has 0 radical (unpaired) electrons. The van der Waals surface area contributed by atoms with Crippen LogP contribution in [0.3, 0.4) is 0 Å². The van der Waals surface area contributed by atoms with E-state index in [0.29, 0.717) is 17.0 Å². The first-order valence-electron chi connectivity index (χ1n) is 7.40. The van der Waals surface area contributed by atoms with Gasteiger partial charge in [0, 0.05) is 42.2 Å². The van der Waals surface area contributed by atoms with Crippen molar-refractivity contribution in [3.63, 3.8) is 0 Å². The van der Waals surface area contributed by atoms with E-state index in [1.807, 2.05) is 6.07 Å². The first-order chi connectivity index (χ1) is 10.1. The Morgan fingerprint density at radius 1 is 1.14 bits per heavy atom. The highest BCUT2D eigenvalue weighted by Gasteiger charge is 2.28. The molecule has 0 amide bonds. The van der Waals surface area contributed by atoms with Crippen LogP contribution in [0.5, 0.6) is 11.5 Å². The summed E-state index contributed by atoms with van der Waals surface area (Å²) in [5.41, 5.74) is 7.25. The molecule has 1 heterocycles. The predicted molar refractivity (Wildman–Crippen MR) is 89.4 cm³/mol. The third-order valence-corrected chi connectivity index (χ3v) is 5.10. The van der Waals surface area contributed by atoms with Crippen LogP contribution in [0.15, 0.2) is 18.2 Å². The fraction of sp³-hybridized carbons (Fsp3) is 0.625. The molecular formula is C16H26N2O2S. The Labute approximate surface area is 132 Å². The molecule has 1 aliphatic rings. The number of benzene rings is 1. The van der Waals surface area contributed by atoms with Crippen LogP contribution in [0, 0.1) is 0 Å². The van der Waals surface area contributed by atoms with Crippen molar-refractivity contribution in [2.75, 3.05) is 33.9 Å². The fourth-order valence-electron chi connectivity index (χ4n) is 2.99. The monoisotopic (exact) mass is 310 g/mol. The second kappa shape index (κ2) is 7.38. The largest absolute Gasteiger partial charge is 0.497 e. The van der Waals surface area contributed by atoms with Crippen LogP contribution in [0.2, 0.25) is 0 Å². The second-order valence-electron chi connectivity index (χ2n) is 5.61. The van der Waals surface area contributed by atoms with Crippen molar-refractivity contribution in [3.8, 4) is 11.5 Å². The summed E-state index contributed by atoms with van der Waals surface area (Å²) in [6.07, 6.45) is 0. The molecule has 4 nitrogen and oxygen atoms in total. The molecule has 2 N–H and O–H groups in total. The predicted octanol–water partition coefficient (Wildman–Crippen LogP) is 2.53. The van der Waals surface area contributed by atoms with Crippen LogP contribution >= 0.6 is 11.8 Å². The smallest absolute Gasteiger partial charge is 0.122 e. The standard InChI is InChI=1S/C16H26N2O2S/c1-11-9-18(10-12(2)21-11)16(8-17)13-5-14(19-3)7-15(6-13)20-4/h5-7,11-12,16H,8-10,17H2,1-4H3. The zero-order chi connectivity index (χ0) is 15.4. The molecule has 1 aliphatic heterocycles. The third kappa shape index (κ3) is 4.05. The van der Waals surface area contributed by atoms with Gasteiger partial charge in [-0.25, -0.2) is 0 Å². The van der Waals surface area contributed by atoms with Crippen molar-refractivity contribution < 1.29 is 9.47 Å². The van der Waals surface area contributed by atoms with Crippen LogP contribution in [0.25, 0.3) is 0 Å². The van der Waals surface area contributed by atoms with E-state index in [2.05, 4.69) is 42.6 Å². The summed E-state index contributed by atoms with van der Waals surface area (Å²) in [4.78, 5) is 2.49. The maximum absolute atomic E-state index is 6.08. The van der Waals surface area contributed by atoms with E-state index in [1.165, 1.54) is 5.56 Å². The molecule has 1 aromatic carbocycles. The molecule has 1 fully saturated rings. The molecule has 3 unspecified atom stereocenters. The number of hydrogen-bond donors (Lipinski definition) is 1. The zero-order valence-electron chi connectivity index (χ0n) is 13.3. The average Bonchev–Trinajstić information content (AvgIpc) is 2.46. The number of hydrogen-bond acceptors (Lipinski definition) is 5. The van der Waals surface area contributed by atoms with Gasteiger partial charge in [0.1, 0.15) is 11.5 Å². The Bertz CT molecular complexity index is 437. The number of nitrogens with two attached hydrogens (primary N) is 1. The summed E-state index contributed by atoms with van der Waals surface area (Å²) < 4.78 is 10.8. The second-order valence-corrected chi connectivity index (χ2v) is 7.49. The lowest BCUT2D eigenvalue weighted by molar-refractivity contribution is 0.198. The Kier molecular flexibility index (Phi) is 5.79. The highest BCUT2D eigenvalue weighted by molar-refractivity contribution is 8.00. The van der Waals surface area contributed by atoms with Crippen molar-refractivity contribution in [2.45, 2.75) is 30.4 Å². The fourth-order valence-corrected chi connectivity index (χ4v) is 4.34. The van der Waals surface area contributed by atoms with Crippen molar-refractivity contribution in [2.24, 2.45) is 5.73 Å². The number of nitrogens with zero attached hydrogens (tertiary/aromatic N) is 1. The lowest BCUT2D eigenvalue weighted by Crippen LogP contribution is -2.44. The van der Waals surface area contributed by atoms with Crippen molar-refractivity contribution in [1.82, 2.24) is 4.90 Å². The Morgan fingerprint density at radius 3 is 2.10 bits per heavy atom. The highest BCUT2D eigenvalue weighted by Crippen LogP contribution is 2.33. The molecule has 3 atom stereocenters. The van der Waals surface area contributed by atoms with Crippen molar-refractivity contribution in [3.05, 3.63) is 23.8 Å². The minimum Gasteiger partial charge on any atom is -0.497 e. The molecular weight excluding hydrogens is 284 g/mol. The van der Waals surface area contributed by atoms with Crippen LogP contribution < -0.4 is 15.2 Å². The molecule has 0 aliphatic carbocycles. The SMILES string of the molecule is COc1cc(OC)cc(C(CN)N2CC(C)SC(C)C2)c1. The van der Waals surface area contributed by atoms with E-state index in [0.717, 1.165) is 24.6 Å². The number of rotatable bonds is 5. The van der Waals surface area contributed by atoms with Gasteiger partial charge in [-0.15, -0.1) is 0 Å². The van der Waals surface area contributed by atoms with E-state index in [1.54, 1.807) is 14.2 Å². The summed E-state index contributed by atoms with van der Waals surface area (Å²) in [6, 6.07) is 6.24. The molecule has 2 rings (SSSR count).